The number of hydrogen-bond donors (Lipinski definition) is 0. The van der Waals surface area contributed by atoms with Gasteiger partial charge in [0.25, 0.3) is 0 Å². The van der Waals surface area contributed by atoms with Crippen LogP contribution < -0.4 is 0 Å². The molecule has 1 fully saturated rings. The number of fused-ring (bicyclic) bond motifs is 2. The van der Waals surface area contributed by atoms with E-state index in [1.807, 2.05) is 25.7 Å². The van der Waals surface area contributed by atoms with E-state index in [0.29, 0.717) is 18.1 Å². The largest absolute Gasteiger partial charge is 0.444 e. The van der Waals surface area contributed by atoms with E-state index < -0.39 is 5.60 Å². The molecular formula is C25H32ClN3O2. The molecule has 0 saturated carbocycles. The summed E-state index contributed by atoms with van der Waals surface area (Å²) in [6.07, 6.45) is 3.52. The average Bonchev–Trinajstić information content (AvgIpc) is 2.84. The van der Waals surface area contributed by atoms with Crippen LogP contribution >= 0.6 is 11.6 Å². The number of nitrogens with zero attached hydrogens (tertiary/aromatic N) is 3. The number of benzene rings is 1. The predicted octanol–water partition coefficient (Wildman–Crippen LogP) is 4.83. The van der Waals surface area contributed by atoms with E-state index in [4.69, 9.17) is 21.3 Å². The summed E-state index contributed by atoms with van der Waals surface area (Å²) < 4.78 is 5.54. The lowest BCUT2D eigenvalue weighted by atomic mass is 9.90. The minimum Gasteiger partial charge on any atom is -0.444 e. The van der Waals surface area contributed by atoms with E-state index in [-0.39, 0.29) is 12.0 Å². The number of pyridine rings is 1. The molecule has 2 heterocycles. The Bertz CT molecular complexity index is 908. The lowest BCUT2D eigenvalue weighted by Gasteiger charge is -2.37. The SMILES string of the molecule is Cc1ccc2c(c1)CCc1cc(Cl)cnc1C2CN1CCN(C(=O)OC(C)(C)C)CC1. The molecule has 5 nitrogen and oxygen atoms in total. The number of hydrogen-bond acceptors (Lipinski definition) is 4. The smallest absolute Gasteiger partial charge is 0.410 e. The molecule has 0 bridgehead atoms. The molecule has 1 aliphatic carbocycles. The molecule has 1 unspecified atom stereocenters. The molecule has 4 rings (SSSR count). The molecule has 2 aliphatic rings. The number of carbonyl (C=O) groups excluding carboxylic acids is 1. The number of piperazine rings is 1. The maximum atomic E-state index is 12.4. The fourth-order valence-electron chi connectivity index (χ4n) is 4.60. The van der Waals surface area contributed by atoms with Gasteiger partial charge in [0.1, 0.15) is 5.60 Å². The first kappa shape index (κ1) is 22.1. The molecule has 0 N–H and O–H groups in total. The molecule has 1 atom stereocenters. The minimum atomic E-state index is -0.465. The molecule has 6 heteroatoms. The predicted molar refractivity (Wildman–Crippen MR) is 124 cm³/mol. The highest BCUT2D eigenvalue weighted by Crippen LogP contribution is 2.35. The van der Waals surface area contributed by atoms with Gasteiger partial charge in [-0.1, -0.05) is 35.4 Å². The lowest BCUT2D eigenvalue weighted by Crippen LogP contribution is -2.50. The summed E-state index contributed by atoms with van der Waals surface area (Å²) in [5.41, 5.74) is 5.99. The van der Waals surface area contributed by atoms with Crippen molar-refractivity contribution >= 4 is 17.7 Å². The van der Waals surface area contributed by atoms with Crippen molar-refractivity contribution in [3.63, 3.8) is 0 Å². The van der Waals surface area contributed by atoms with Crippen molar-refractivity contribution in [2.45, 2.75) is 52.1 Å². The standard InChI is InChI=1S/C25H32ClN3O2/c1-17-5-8-21-18(13-17)6-7-19-14-20(26)15-27-23(19)22(21)16-28-9-11-29(12-10-28)24(30)31-25(2,3)4/h5,8,13-15,22H,6-7,9-12,16H2,1-4H3. The molecule has 31 heavy (non-hydrogen) atoms. The summed E-state index contributed by atoms with van der Waals surface area (Å²) in [5, 5.41) is 0.700. The van der Waals surface area contributed by atoms with Crippen LogP contribution in [0.5, 0.6) is 0 Å². The second-order valence-corrected chi connectivity index (χ2v) is 10.2. The van der Waals surface area contributed by atoms with Crippen LogP contribution in [0.15, 0.2) is 30.5 Å². The van der Waals surface area contributed by atoms with E-state index in [2.05, 4.69) is 36.1 Å². The molecule has 1 amide bonds. The zero-order valence-corrected chi connectivity index (χ0v) is 19.7. The van der Waals surface area contributed by atoms with Crippen LogP contribution in [0.2, 0.25) is 5.02 Å². The second-order valence-electron chi connectivity index (χ2n) is 9.72. The van der Waals surface area contributed by atoms with Crippen LogP contribution in [0, 0.1) is 6.92 Å². The van der Waals surface area contributed by atoms with Crippen molar-refractivity contribution in [3.05, 3.63) is 63.4 Å². The number of ether oxygens (including phenoxy) is 1. The van der Waals surface area contributed by atoms with Gasteiger partial charge in [-0.3, -0.25) is 9.88 Å². The van der Waals surface area contributed by atoms with E-state index >= 15 is 0 Å². The molecule has 0 radical (unpaired) electrons. The third-order valence-corrected chi connectivity index (χ3v) is 6.31. The highest BCUT2D eigenvalue weighted by atomic mass is 35.5. The van der Waals surface area contributed by atoms with E-state index in [9.17, 15) is 4.79 Å². The third kappa shape index (κ3) is 5.21. The number of aryl methyl sites for hydroxylation is 3. The van der Waals surface area contributed by atoms with Gasteiger partial charge in [-0.05, 0) is 63.3 Å². The Balaban J connectivity index is 1.53. The van der Waals surface area contributed by atoms with E-state index in [0.717, 1.165) is 38.2 Å². The second kappa shape index (κ2) is 8.79. The number of halogens is 1. The summed E-state index contributed by atoms with van der Waals surface area (Å²) in [4.78, 5) is 21.5. The van der Waals surface area contributed by atoms with Gasteiger partial charge in [-0.15, -0.1) is 0 Å². The van der Waals surface area contributed by atoms with Gasteiger partial charge >= 0.3 is 6.09 Å². The van der Waals surface area contributed by atoms with E-state index in [1.165, 1.54) is 22.3 Å². The first-order chi connectivity index (χ1) is 14.7. The summed E-state index contributed by atoms with van der Waals surface area (Å²) >= 11 is 6.28. The summed E-state index contributed by atoms with van der Waals surface area (Å²) in [7, 11) is 0. The molecule has 1 aromatic heterocycles. The van der Waals surface area contributed by atoms with Crippen LogP contribution in [-0.2, 0) is 17.6 Å². The Morgan fingerprint density at radius 1 is 1.13 bits per heavy atom. The highest BCUT2D eigenvalue weighted by Gasteiger charge is 2.30. The normalized spacial score (nSPS) is 19.4. The lowest BCUT2D eigenvalue weighted by molar-refractivity contribution is 0.0143. The minimum absolute atomic E-state index is 0.207. The Morgan fingerprint density at radius 2 is 1.84 bits per heavy atom. The first-order valence-corrected chi connectivity index (χ1v) is 11.5. The fraction of sp³-hybridized carbons (Fsp3) is 0.520. The number of aromatic nitrogens is 1. The van der Waals surface area contributed by atoms with Gasteiger partial charge in [0.2, 0.25) is 0 Å². The third-order valence-electron chi connectivity index (χ3n) is 6.10. The number of rotatable bonds is 2. The average molecular weight is 442 g/mol. The molecule has 1 saturated heterocycles. The van der Waals surface area contributed by atoms with Gasteiger partial charge < -0.3 is 9.64 Å². The molecular weight excluding hydrogens is 410 g/mol. The van der Waals surface area contributed by atoms with E-state index in [1.54, 1.807) is 6.20 Å². The summed E-state index contributed by atoms with van der Waals surface area (Å²) in [6.45, 7) is 11.8. The molecule has 166 valence electrons. The van der Waals surface area contributed by atoms with Crippen molar-refractivity contribution in [1.82, 2.24) is 14.8 Å². The fourth-order valence-corrected chi connectivity index (χ4v) is 4.78. The van der Waals surface area contributed by atoms with Crippen LogP contribution in [0.25, 0.3) is 0 Å². The molecule has 1 aromatic carbocycles. The maximum absolute atomic E-state index is 12.4. The zero-order valence-electron chi connectivity index (χ0n) is 18.9. The summed E-state index contributed by atoms with van der Waals surface area (Å²) in [5.74, 6) is 0.207. The van der Waals surface area contributed by atoms with Crippen LogP contribution in [0.4, 0.5) is 4.79 Å². The van der Waals surface area contributed by atoms with Crippen LogP contribution in [0.1, 0.15) is 54.6 Å². The van der Waals surface area contributed by atoms with Crippen molar-refractivity contribution in [3.8, 4) is 0 Å². The maximum Gasteiger partial charge on any atom is 0.410 e. The molecule has 0 spiro atoms. The van der Waals surface area contributed by atoms with Gasteiger partial charge in [-0.25, -0.2) is 4.79 Å². The van der Waals surface area contributed by atoms with Crippen molar-refractivity contribution < 1.29 is 9.53 Å². The topological polar surface area (TPSA) is 45.7 Å². The highest BCUT2D eigenvalue weighted by molar-refractivity contribution is 6.30. The molecule has 1 aliphatic heterocycles. The Labute approximate surface area is 190 Å². The monoisotopic (exact) mass is 441 g/mol. The van der Waals surface area contributed by atoms with Crippen molar-refractivity contribution in [2.75, 3.05) is 32.7 Å². The molecule has 2 aromatic rings. The van der Waals surface area contributed by atoms with Crippen molar-refractivity contribution in [1.29, 1.82) is 0 Å². The Morgan fingerprint density at radius 3 is 2.55 bits per heavy atom. The summed E-state index contributed by atoms with van der Waals surface area (Å²) in [6, 6.07) is 8.87. The Hall–Kier alpha value is -2.11. The number of amides is 1. The van der Waals surface area contributed by atoms with Crippen LogP contribution in [-0.4, -0.2) is 59.2 Å². The van der Waals surface area contributed by atoms with Gasteiger partial charge in [-0.2, -0.15) is 0 Å². The van der Waals surface area contributed by atoms with Gasteiger partial charge in [0, 0.05) is 44.8 Å². The van der Waals surface area contributed by atoms with Crippen molar-refractivity contribution in [2.24, 2.45) is 0 Å². The number of carbonyl (C=O) groups is 1. The zero-order chi connectivity index (χ0) is 22.2. The van der Waals surface area contributed by atoms with Gasteiger partial charge in [0.15, 0.2) is 0 Å². The quantitative estimate of drug-likeness (QED) is 0.669. The first-order valence-electron chi connectivity index (χ1n) is 11.1. The Kier molecular flexibility index (Phi) is 6.27. The van der Waals surface area contributed by atoms with Crippen LogP contribution in [0.3, 0.4) is 0 Å². The van der Waals surface area contributed by atoms with Gasteiger partial charge in [0.05, 0.1) is 10.7 Å².